The zero-order valence-electron chi connectivity index (χ0n) is 41.5. The molecule has 0 radical (unpaired) electrons. The van der Waals surface area contributed by atoms with Crippen molar-refractivity contribution in [2.45, 2.75) is 0 Å². The lowest BCUT2D eigenvalue weighted by molar-refractivity contribution is 1.14. The summed E-state index contributed by atoms with van der Waals surface area (Å²) in [5, 5.41) is 30.1. The van der Waals surface area contributed by atoms with Crippen molar-refractivity contribution in [3.63, 3.8) is 0 Å². The van der Waals surface area contributed by atoms with Crippen LogP contribution in [0.3, 0.4) is 0 Å². The Morgan fingerprint density at radius 3 is 1.05 bits per heavy atom. The van der Waals surface area contributed by atoms with Gasteiger partial charge < -0.3 is 18.3 Å². The zero-order chi connectivity index (χ0) is 52.2. The maximum absolute atomic E-state index is 11.3. The van der Waals surface area contributed by atoms with Gasteiger partial charge >= 0.3 is 0 Å². The van der Waals surface area contributed by atoms with E-state index in [2.05, 4.69) is 210 Å². The lowest BCUT2D eigenvalue weighted by atomic mass is 9.87. The number of rotatable bonds is 6. The van der Waals surface area contributed by atoms with E-state index in [1.807, 2.05) is 48.5 Å². The second-order valence-electron chi connectivity index (χ2n) is 19.5. The molecule has 4 aromatic heterocycles. The molecule has 4 heterocycles. The Balaban J connectivity index is 1.11. The third-order valence-electron chi connectivity index (χ3n) is 15.7. The van der Waals surface area contributed by atoms with Gasteiger partial charge in [0, 0.05) is 77.0 Å². The Bertz CT molecular complexity index is 4810. The first-order valence-corrected chi connectivity index (χ1v) is 25.6. The molecule has 0 amide bonds. The second-order valence-corrected chi connectivity index (χ2v) is 19.5. The van der Waals surface area contributed by atoms with E-state index in [0.29, 0.717) is 11.1 Å². The van der Waals surface area contributed by atoms with Gasteiger partial charge in [0.05, 0.1) is 80.5 Å². The highest BCUT2D eigenvalue weighted by Gasteiger charge is 2.31. The molecule has 0 aliphatic heterocycles. The quantitative estimate of drug-likeness (QED) is 0.156. The normalized spacial score (nSPS) is 11.5. The highest BCUT2D eigenvalue weighted by Crippen LogP contribution is 2.54. The van der Waals surface area contributed by atoms with Crippen molar-refractivity contribution in [1.82, 2.24) is 18.3 Å². The molecule has 0 saturated carbocycles. The molecule has 15 rings (SSSR count). The average molecular weight is 991 g/mol. The fraction of sp³-hybridized carbons (Fsp3) is 0. The molecule has 0 bridgehead atoms. The molecule has 78 heavy (non-hydrogen) atoms. The van der Waals surface area contributed by atoms with E-state index in [-0.39, 0.29) is 22.5 Å². The Hall–Kier alpha value is -11.4. The summed E-state index contributed by atoms with van der Waals surface area (Å²) in [7, 11) is 0. The Morgan fingerprint density at radius 1 is 0.321 bits per heavy atom. The predicted octanol–water partition coefficient (Wildman–Crippen LogP) is 18.3. The van der Waals surface area contributed by atoms with E-state index in [1.54, 1.807) is 12.1 Å². The second kappa shape index (κ2) is 17.1. The first-order valence-electron chi connectivity index (χ1n) is 25.6. The number of para-hydroxylation sites is 7. The summed E-state index contributed by atoms with van der Waals surface area (Å²) < 4.78 is 9.17. The van der Waals surface area contributed by atoms with Crippen LogP contribution in [-0.2, 0) is 0 Å². The van der Waals surface area contributed by atoms with Crippen LogP contribution in [-0.4, -0.2) is 18.3 Å². The summed E-state index contributed by atoms with van der Waals surface area (Å²) in [4.78, 5) is 8.09. The summed E-state index contributed by atoms with van der Waals surface area (Å²) >= 11 is 0. The van der Waals surface area contributed by atoms with Crippen molar-refractivity contribution < 1.29 is 0 Å². The van der Waals surface area contributed by atoms with Gasteiger partial charge in [-0.15, -0.1) is 0 Å². The van der Waals surface area contributed by atoms with Crippen LogP contribution in [0.15, 0.2) is 231 Å². The fourth-order valence-electron chi connectivity index (χ4n) is 12.6. The van der Waals surface area contributed by atoms with E-state index < -0.39 is 0 Å². The molecule has 0 spiro atoms. The largest absolute Gasteiger partial charge is 0.309 e. The Kier molecular flexibility index (Phi) is 9.65. The highest BCUT2D eigenvalue weighted by molar-refractivity contribution is 6.34. The lowest BCUT2D eigenvalue weighted by Gasteiger charge is -2.20. The highest BCUT2D eigenvalue weighted by atomic mass is 15.0. The van der Waals surface area contributed by atoms with Crippen LogP contribution in [0.2, 0.25) is 0 Å². The molecule has 0 fully saturated rings. The summed E-state index contributed by atoms with van der Waals surface area (Å²) in [5.41, 5.74) is 15.4. The molecule has 0 unspecified atom stereocenters. The summed E-state index contributed by atoms with van der Waals surface area (Å²) in [5.74, 6) is 0. The monoisotopic (exact) mass is 990 g/mol. The van der Waals surface area contributed by atoms with Gasteiger partial charge in [0.25, 0.3) is 0 Å². The van der Waals surface area contributed by atoms with Crippen LogP contribution in [0.1, 0.15) is 11.1 Å². The molecule has 0 N–H and O–H groups in total. The number of fused-ring (bicyclic) bond motifs is 12. The lowest BCUT2D eigenvalue weighted by Crippen LogP contribution is -2.01. The maximum Gasteiger partial charge on any atom is 0.212 e. The van der Waals surface area contributed by atoms with Crippen molar-refractivity contribution in [1.29, 1.82) is 10.5 Å². The average Bonchev–Trinajstić information content (AvgIpc) is 4.25. The van der Waals surface area contributed by atoms with Crippen molar-refractivity contribution in [2.24, 2.45) is 0 Å². The molecule has 15 aromatic rings. The van der Waals surface area contributed by atoms with Crippen molar-refractivity contribution in [3.05, 3.63) is 264 Å². The third kappa shape index (κ3) is 6.12. The number of hydrogen-bond donors (Lipinski definition) is 0. The molecule has 0 saturated heterocycles. The van der Waals surface area contributed by atoms with Crippen LogP contribution < -0.4 is 0 Å². The van der Waals surface area contributed by atoms with Gasteiger partial charge in [-0.25, -0.2) is 9.69 Å². The summed E-state index contributed by atoms with van der Waals surface area (Å²) in [6, 6.07) is 83.8. The van der Waals surface area contributed by atoms with Crippen LogP contribution in [0.5, 0.6) is 0 Å². The van der Waals surface area contributed by atoms with Crippen molar-refractivity contribution in [2.75, 3.05) is 0 Å². The van der Waals surface area contributed by atoms with E-state index in [1.165, 1.54) is 21.5 Å². The topological polar surface area (TPSA) is 76.0 Å². The van der Waals surface area contributed by atoms with E-state index >= 15 is 0 Å². The molecule has 8 heteroatoms. The maximum atomic E-state index is 11.3. The van der Waals surface area contributed by atoms with E-state index in [4.69, 9.17) is 13.1 Å². The molecule has 0 atom stereocenters. The number of nitriles is 2. The van der Waals surface area contributed by atoms with E-state index in [0.717, 1.165) is 99.6 Å². The molecule has 0 aliphatic rings. The first-order chi connectivity index (χ1) is 38.6. The standard InChI is InChI=1S/C70H38N8/c1-73-57-26-16-24-52(56(57)42-72)64-65-53-22-7-13-31-62(53)78(47-39-35-45(36-40-47)76-60-29-11-5-20-50(60)51-21-6-12-30-61(51)76)70(65)67(55-25-15-17-43(41-71)68(55)74-2)66-54-23-8-14-32-63(54)77(69(64)66)46-37-33-44(34-38-46)75-58-27-9-3-18-48(58)49-19-4-10-28-59(49)75/h3-40H. The SMILES string of the molecule is [C-]#[N+]c1cccc(-c2c3c4ccccc4n(-c4ccc(-n5c6ccccc6c6ccccc65)cc4)c3c(-c3cccc(C#N)c3[N+]#[C-])c3c4ccccc4n(-c4ccc(-n5c6ccccc6c6ccccc65)cc4)c23)c1C#N. The van der Waals surface area contributed by atoms with Crippen molar-refractivity contribution in [3.8, 4) is 57.1 Å². The summed E-state index contributed by atoms with van der Waals surface area (Å²) in [6.07, 6.45) is 0. The number of hydrogen-bond acceptors (Lipinski definition) is 2. The van der Waals surface area contributed by atoms with Gasteiger partial charge in [0.1, 0.15) is 0 Å². The number of aromatic nitrogens is 4. The van der Waals surface area contributed by atoms with Gasteiger partial charge in [-0.2, -0.15) is 10.5 Å². The van der Waals surface area contributed by atoms with E-state index in [9.17, 15) is 10.5 Å². The Morgan fingerprint density at radius 2 is 0.667 bits per heavy atom. The van der Waals surface area contributed by atoms with Crippen LogP contribution in [0.25, 0.3) is 142 Å². The van der Waals surface area contributed by atoms with Gasteiger partial charge in [-0.05, 0) is 96.1 Å². The number of nitrogens with zero attached hydrogens (tertiary/aromatic N) is 8. The third-order valence-corrected chi connectivity index (χ3v) is 15.7. The summed E-state index contributed by atoms with van der Waals surface area (Å²) in [6.45, 7) is 17.1. The van der Waals surface area contributed by atoms with Gasteiger partial charge in [-0.1, -0.05) is 146 Å². The molecular weight excluding hydrogens is 953 g/mol. The minimum Gasteiger partial charge on any atom is -0.309 e. The Labute approximate surface area is 446 Å². The fourth-order valence-corrected chi connectivity index (χ4v) is 12.6. The van der Waals surface area contributed by atoms with Crippen molar-refractivity contribution >= 4 is 98.6 Å². The molecule has 8 nitrogen and oxygen atoms in total. The molecule has 11 aromatic carbocycles. The molecule has 0 aliphatic carbocycles. The van der Waals surface area contributed by atoms with Crippen LogP contribution in [0, 0.1) is 35.8 Å². The van der Waals surface area contributed by atoms with Gasteiger partial charge in [-0.3, -0.25) is 0 Å². The smallest absolute Gasteiger partial charge is 0.212 e. The first kappa shape index (κ1) is 44.1. The predicted molar refractivity (Wildman–Crippen MR) is 317 cm³/mol. The minimum atomic E-state index is 0.244. The molecule has 358 valence electrons. The van der Waals surface area contributed by atoms with Crippen LogP contribution >= 0.6 is 0 Å². The van der Waals surface area contributed by atoms with Crippen LogP contribution in [0.4, 0.5) is 11.4 Å². The minimum absolute atomic E-state index is 0.244. The van der Waals surface area contributed by atoms with Gasteiger partial charge in [0.2, 0.25) is 11.4 Å². The van der Waals surface area contributed by atoms with Gasteiger partial charge in [0.15, 0.2) is 0 Å². The zero-order valence-corrected chi connectivity index (χ0v) is 41.5. The number of benzene rings is 11. The molecular formula is C70H38N8.